The first-order valence-electron chi connectivity index (χ1n) is 5.71. The van der Waals surface area contributed by atoms with E-state index in [-0.39, 0.29) is 12.1 Å². The van der Waals surface area contributed by atoms with Crippen LogP contribution in [0.5, 0.6) is 5.75 Å². The number of urea groups is 1. The summed E-state index contributed by atoms with van der Waals surface area (Å²) in [5.74, 6) is 0.632. The Morgan fingerprint density at radius 1 is 1.47 bits per heavy atom. The lowest BCUT2D eigenvalue weighted by molar-refractivity contribution is 0.250. The van der Waals surface area contributed by atoms with Gasteiger partial charge in [0.1, 0.15) is 11.3 Å². The van der Waals surface area contributed by atoms with Crippen LogP contribution in [0.25, 0.3) is 10.2 Å². The summed E-state index contributed by atoms with van der Waals surface area (Å²) in [5.41, 5.74) is 0.653. The number of thiazole rings is 1. The van der Waals surface area contributed by atoms with Gasteiger partial charge < -0.3 is 10.1 Å². The summed E-state index contributed by atoms with van der Waals surface area (Å²) in [6, 6.07) is 3.28. The van der Waals surface area contributed by atoms with Gasteiger partial charge in [0.15, 0.2) is 5.13 Å². The van der Waals surface area contributed by atoms with Crippen molar-refractivity contribution >= 4 is 44.3 Å². The highest BCUT2D eigenvalue weighted by molar-refractivity contribution is 7.23. The minimum absolute atomic E-state index is 0.0625. The van der Waals surface area contributed by atoms with Crippen LogP contribution in [-0.2, 0) is 0 Å². The fourth-order valence-corrected chi connectivity index (χ4v) is 2.72. The Labute approximate surface area is 119 Å². The predicted octanol–water partition coefficient (Wildman–Crippen LogP) is 3.49. The summed E-state index contributed by atoms with van der Waals surface area (Å²) in [7, 11) is 1.57. The zero-order chi connectivity index (χ0) is 14.0. The molecule has 19 heavy (non-hydrogen) atoms. The second-order valence-electron chi connectivity index (χ2n) is 4.20. The molecular formula is C12H14ClN3O2S. The topological polar surface area (TPSA) is 63.2 Å². The Bertz CT molecular complexity index is 612. The number of methoxy groups -OCH3 is 1. The van der Waals surface area contributed by atoms with Gasteiger partial charge >= 0.3 is 6.03 Å². The largest absolute Gasteiger partial charge is 0.494 e. The van der Waals surface area contributed by atoms with Crippen molar-refractivity contribution in [2.75, 3.05) is 12.4 Å². The molecule has 0 saturated heterocycles. The first kappa shape index (κ1) is 13.9. The Hall–Kier alpha value is -1.53. The van der Waals surface area contributed by atoms with E-state index in [0.717, 1.165) is 4.70 Å². The number of anilines is 1. The molecule has 1 aromatic carbocycles. The van der Waals surface area contributed by atoms with Crippen LogP contribution in [0.4, 0.5) is 9.93 Å². The number of carbonyl (C=O) groups is 1. The van der Waals surface area contributed by atoms with Gasteiger partial charge in [0, 0.05) is 6.04 Å². The summed E-state index contributed by atoms with van der Waals surface area (Å²) in [6.07, 6.45) is 0. The van der Waals surface area contributed by atoms with Crippen LogP contribution in [0.2, 0.25) is 5.02 Å². The van der Waals surface area contributed by atoms with Gasteiger partial charge in [-0.15, -0.1) is 0 Å². The molecule has 0 spiro atoms. The van der Waals surface area contributed by atoms with E-state index in [9.17, 15) is 4.79 Å². The van der Waals surface area contributed by atoms with Crippen LogP contribution >= 0.6 is 22.9 Å². The lowest BCUT2D eigenvalue weighted by Crippen LogP contribution is -2.34. The van der Waals surface area contributed by atoms with E-state index in [2.05, 4.69) is 15.6 Å². The van der Waals surface area contributed by atoms with Gasteiger partial charge in [-0.3, -0.25) is 5.32 Å². The first-order valence-corrected chi connectivity index (χ1v) is 6.91. The van der Waals surface area contributed by atoms with Gasteiger partial charge in [-0.2, -0.15) is 0 Å². The zero-order valence-corrected chi connectivity index (χ0v) is 12.4. The molecule has 1 aromatic heterocycles. The number of ether oxygens (including phenoxy) is 1. The fourth-order valence-electron chi connectivity index (χ4n) is 1.57. The van der Waals surface area contributed by atoms with E-state index in [1.807, 2.05) is 13.8 Å². The van der Waals surface area contributed by atoms with Crippen molar-refractivity contribution in [3.05, 3.63) is 17.2 Å². The fraction of sp³-hybridized carbons (Fsp3) is 0.333. The van der Waals surface area contributed by atoms with E-state index < -0.39 is 0 Å². The second kappa shape index (κ2) is 5.63. The molecule has 0 aliphatic carbocycles. The summed E-state index contributed by atoms with van der Waals surface area (Å²) >= 11 is 7.42. The number of fused-ring (bicyclic) bond motifs is 1. The van der Waals surface area contributed by atoms with Crippen molar-refractivity contribution in [3.8, 4) is 5.75 Å². The molecule has 0 atom stereocenters. The maximum Gasteiger partial charge on any atom is 0.321 e. The van der Waals surface area contributed by atoms with Crippen molar-refractivity contribution in [3.63, 3.8) is 0 Å². The average molecular weight is 300 g/mol. The van der Waals surface area contributed by atoms with Crippen molar-refractivity contribution < 1.29 is 9.53 Å². The van der Waals surface area contributed by atoms with Gasteiger partial charge in [-0.05, 0) is 26.0 Å². The number of rotatable bonds is 3. The Morgan fingerprint density at radius 3 is 2.84 bits per heavy atom. The molecule has 2 N–H and O–H groups in total. The maximum absolute atomic E-state index is 11.6. The number of hydrogen-bond donors (Lipinski definition) is 2. The van der Waals surface area contributed by atoms with Crippen LogP contribution in [0, 0.1) is 0 Å². The molecule has 1 heterocycles. The van der Waals surface area contributed by atoms with E-state index in [4.69, 9.17) is 16.3 Å². The number of hydrogen-bond acceptors (Lipinski definition) is 4. The monoisotopic (exact) mass is 299 g/mol. The van der Waals surface area contributed by atoms with Crippen molar-refractivity contribution in [2.45, 2.75) is 19.9 Å². The number of halogens is 1. The molecule has 0 unspecified atom stereocenters. The number of benzene rings is 1. The van der Waals surface area contributed by atoms with E-state index >= 15 is 0 Å². The van der Waals surface area contributed by atoms with Crippen LogP contribution in [0.1, 0.15) is 13.8 Å². The zero-order valence-electron chi connectivity index (χ0n) is 10.8. The Kier molecular flexibility index (Phi) is 4.11. The summed E-state index contributed by atoms with van der Waals surface area (Å²) in [5, 5.41) is 6.49. The van der Waals surface area contributed by atoms with Gasteiger partial charge in [0.05, 0.1) is 16.8 Å². The number of nitrogens with one attached hydrogen (secondary N) is 2. The Morgan fingerprint density at radius 2 is 2.21 bits per heavy atom. The SMILES string of the molecule is COc1ccc(Cl)c2sc(NC(=O)NC(C)C)nc12. The molecule has 2 aromatic rings. The maximum atomic E-state index is 11.6. The van der Waals surface area contributed by atoms with Crippen LogP contribution in [0.3, 0.4) is 0 Å². The lowest BCUT2D eigenvalue weighted by atomic mass is 10.3. The quantitative estimate of drug-likeness (QED) is 0.912. The first-order chi connectivity index (χ1) is 9.01. The predicted molar refractivity (Wildman–Crippen MR) is 78.5 cm³/mol. The number of amides is 2. The van der Waals surface area contributed by atoms with E-state index in [1.54, 1.807) is 19.2 Å². The van der Waals surface area contributed by atoms with Gasteiger partial charge in [0.25, 0.3) is 0 Å². The molecule has 2 rings (SSSR count). The van der Waals surface area contributed by atoms with Crippen LogP contribution in [-0.4, -0.2) is 24.2 Å². The average Bonchev–Trinajstić information content (AvgIpc) is 2.72. The third kappa shape index (κ3) is 3.08. The van der Waals surface area contributed by atoms with Gasteiger partial charge in [0.2, 0.25) is 0 Å². The summed E-state index contributed by atoms with van der Waals surface area (Å²) in [4.78, 5) is 15.9. The minimum Gasteiger partial charge on any atom is -0.494 e. The minimum atomic E-state index is -0.288. The Balaban J connectivity index is 2.31. The highest BCUT2D eigenvalue weighted by Crippen LogP contribution is 2.37. The molecule has 102 valence electrons. The van der Waals surface area contributed by atoms with Gasteiger partial charge in [-0.25, -0.2) is 9.78 Å². The molecule has 0 bridgehead atoms. The van der Waals surface area contributed by atoms with Crippen molar-refractivity contribution in [2.24, 2.45) is 0 Å². The highest BCUT2D eigenvalue weighted by atomic mass is 35.5. The molecule has 7 heteroatoms. The molecule has 0 radical (unpaired) electrons. The lowest BCUT2D eigenvalue weighted by Gasteiger charge is -2.07. The summed E-state index contributed by atoms with van der Waals surface area (Å²) in [6.45, 7) is 3.77. The third-order valence-corrected chi connectivity index (χ3v) is 3.75. The molecule has 2 amide bonds. The van der Waals surface area contributed by atoms with Crippen LogP contribution < -0.4 is 15.4 Å². The molecule has 0 aliphatic rings. The van der Waals surface area contributed by atoms with Crippen LogP contribution in [0.15, 0.2) is 12.1 Å². The molecule has 5 nitrogen and oxygen atoms in total. The number of aromatic nitrogens is 1. The number of carbonyl (C=O) groups excluding carboxylic acids is 1. The highest BCUT2D eigenvalue weighted by Gasteiger charge is 2.13. The normalized spacial score (nSPS) is 10.8. The van der Waals surface area contributed by atoms with Crippen molar-refractivity contribution in [1.29, 1.82) is 0 Å². The van der Waals surface area contributed by atoms with E-state index in [1.165, 1.54) is 11.3 Å². The molecule has 0 saturated carbocycles. The second-order valence-corrected chi connectivity index (χ2v) is 5.61. The van der Waals surface area contributed by atoms with Crippen molar-refractivity contribution in [1.82, 2.24) is 10.3 Å². The smallest absolute Gasteiger partial charge is 0.321 e. The van der Waals surface area contributed by atoms with E-state index in [0.29, 0.717) is 21.4 Å². The molecule has 0 aliphatic heterocycles. The van der Waals surface area contributed by atoms with Gasteiger partial charge in [-0.1, -0.05) is 22.9 Å². The standard InChI is InChI=1S/C12H14ClN3O2S/c1-6(2)14-11(17)16-12-15-9-8(18-3)5-4-7(13)10(9)19-12/h4-6H,1-3H3,(H2,14,15,16,17). The number of nitrogens with zero attached hydrogens (tertiary/aromatic N) is 1. The molecular weight excluding hydrogens is 286 g/mol. The molecule has 0 fully saturated rings. The summed E-state index contributed by atoms with van der Waals surface area (Å²) < 4.78 is 6.01. The third-order valence-electron chi connectivity index (χ3n) is 2.32.